The van der Waals surface area contributed by atoms with E-state index in [-0.39, 0.29) is 12.0 Å². The zero-order chi connectivity index (χ0) is 27.2. The van der Waals surface area contributed by atoms with E-state index < -0.39 is 23.6 Å². The molecule has 6 heterocycles. The molecule has 6 bridgehead atoms. The van der Waals surface area contributed by atoms with E-state index in [2.05, 4.69) is 20.7 Å². The minimum absolute atomic E-state index is 0.127. The average Bonchev–Trinajstić information content (AvgIpc) is 3.37. The highest BCUT2D eigenvalue weighted by atomic mass is 16.5. The fourth-order valence-corrected chi connectivity index (χ4v) is 4.41. The first-order valence-corrected chi connectivity index (χ1v) is 12.9. The molecule has 200 valence electrons. The number of ether oxygens (including phenoxy) is 2. The number of Topliss-reactive ketones (excluding diaryl/α,β-unsaturated/α-hetero) is 1. The molecule has 0 saturated carbocycles. The topological polar surface area (TPSA) is 124 Å². The van der Waals surface area contributed by atoms with Crippen molar-refractivity contribution in [2.24, 2.45) is 0 Å². The van der Waals surface area contributed by atoms with E-state index in [1.807, 2.05) is 42.5 Å². The van der Waals surface area contributed by atoms with Gasteiger partial charge in [-0.3, -0.25) is 14.4 Å². The number of benzene rings is 2. The van der Waals surface area contributed by atoms with Gasteiger partial charge in [-0.2, -0.15) is 5.10 Å². The predicted octanol–water partition coefficient (Wildman–Crippen LogP) is 3.02. The number of carbonyl (C=O) groups is 3. The Balaban J connectivity index is 1.53. The Hall–Kier alpha value is -4.73. The lowest BCUT2D eigenvalue weighted by Crippen LogP contribution is -2.48. The van der Waals surface area contributed by atoms with Gasteiger partial charge in [-0.25, -0.2) is 9.67 Å². The fraction of sp³-hybridized carbons (Fsp3) is 0.276. The number of ketones is 1. The maximum atomic E-state index is 13.6. The van der Waals surface area contributed by atoms with E-state index in [1.165, 1.54) is 0 Å². The molecule has 0 saturated heterocycles. The number of carbonyl (C=O) groups excluding carboxylic acids is 3. The van der Waals surface area contributed by atoms with Gasteiger partial charge in [0.05, 0.1) is 30.5 Å². The highest BCUT2D eigenvalue weighted by Gasteiger charge is 2.28. The summed E-state index contributed by atoms with van der Waals surface area (Å²) >= 11 is 0. The number of nitrogens with one attached hydrogen (secondary N) is 2. The monoisotopic (exact) mass is 527 g/mol. The van der Waals surface area contributed by atoms with Crippen LogP contribution in [0.15, 0.2) is 67.0 Å². The molecular formula is C29H29N5O5. The van der Waals surface area contributed by atoms with E-state index >= 15 is 0 Å². The molecule has 2 aromatic heterocycles. The first-order valence-electron chi connectivity index (χ1n) is 12.9. The van der Waals surface area contributed by atoms with Crippen molar-refractivity contribution in [3.05, 3.63) is 78.1 Å². The second-order valence-corrected chi connectivity index (χ2v) is 9.15. The summed E-state index contributed by atoms with van der Waals surface area (Å²) in [6.07, 6.45) is 5.02. The van der Waals surface area contributed by atoms with E-state index in [9.17, 15) is 14.4 Å². The van der Waals surface area contributed by atoms with Crippen LogP contribution in [0.5, 0.6) is 11.5 Å². The van der Waals surface area contributed by atoms with Crippen LogP contribution in [0.1, 0.15) is 35.7 Å². The molecule has 8 rings (SSSR count). The van der Waals surface area contributed by atoms with E-state index in [0.29, 0.717) is 31.3 Å². The van der Waals surface area contributed by atoms with Crippen LogP contribution in [-0.2, 0) is 16.0 Å². The Kier molecular flexibility index (Phi) is 7.81. The summed E-state index contributed by atoms with van der Waals surface area (Å²) in [4.78, 5) is 43.5. The molecule has 2 N–H and O–H groups in total. The van der Waals surface area contributed by atoms with Gasteiger partial charge in [-0.05, 0) is 67.8 Å². The zero-order valence-electron chi connectivity index (χ0n) is 21.6. The molecule has 0 spiro atoms. The third-order valence-electron chi connectivity index (χ3n) is 6.39. The molecule has 10 heteroatoms. The third kappa shape index (κ3) is 5.90. The Bertz CT molecular complexity index is 1500. The van der Waals surface area contributed by atoms with Gasteiger partial charge >= 0.3 is 0 Å². The van der Waals surface area contributed by atoms with Crippen LogP contribution < -0.4 is 20.1 Å². The summed E-state index contributed by atoms with van der Waals surface area (Å²) in [5.74, 6) is -0.314. The van der Waals surface area contributed by atoms with E-state index in [0.717, 1.165) is 35.1 Å². The Morgan fingerprint density at radius 1 is 1.05 bits per heavy atom. The fourth-order valence-electron chi connectivity index (χ4n) is 4.41. The zero-order valence-corrected chi connectivity index (χ0v) is 21.6. The molecule has 10 nitrogen and oxygen atoms in total. The van der Waals surface area contributed by atoms with Crippen molar-refractivity contribution < 1.29 is 23.9 Å². The molecule has 0 radical (unpaired) electrons. The van der Waals surface area contributed by atoms with Gasteiger partial charge < -0.3 is 20.1 Å². The molecule has 4 aliphatic heterocycles. The smallest absolute Gasteiger partial charge is 0.289 e. The van der Waals surface area contributed by atoms with Gasteiger partial charge in [0, 0.05) is 24.5 Å². The van der Waals surface area contributed by atoms with Crippen LogP contribution in [0.25, 0.3) is 16.7 Å². The summed E-state index contributed by atoms with van der Waals surface area (Å²) in [5, 5.41) is 10.6. The quantitative estimate of drug-likeness (QED) is 0.393. The Morgan fingerprint density at radius 3 is 2.56 bits per heavy atom. The number of hydrogen-bond acceptors (Lipinski definition) is 7. The standard InChI is InChI=1S/C29H29N5O5/c1-2-30-29(37)26(35)24-16-19-7-9-21(10-8-19)38-14-3-4-15-39-22-11-12-25-20(17-22)18-32-34(25)27-23(28(36)33-24)6-5-13-31-27/h5-13,17-18,24H,2-4,14-16H2,1H3,(H,30,37)(H,33,36)/t24-/m0/s1. The molecule has 0 aliphatic carbocycles. The predicted molar refractivity (Wildman–Crippen MR) is 144 cm³/mol. The van der Waals surface area contributed by atoms with Gasteiger partial charge in [0.2, 0.25) is 5.78 Å². The minimum atomic E-state index is -1.09. The second kappa shape index (κ2) is 11.8. The third-order valence-corrected chi connectivity index (χ3v) is 6.39. The molecule has 0 fully saturated rings. The average molecular weight is 528 g/mol. The SMILES string of the molecule is CCNC(=O)C(=O)[C@@H]1Cc2ccc(cc2)OCCCCOc2ccc3c(cnn3-c3ncccc3C(=O)N1)c2. The first-order chi connectivity index (χ1) is 19.0. The van der Waals surface area contributed by atoms with Crippen molar-refractivity contribution in [2.45, 2.75) is 32.2 Å². The molecule has 0 unspecified atom stereocenters. The number of hydrogen-bond donors (Lipinski definition) is 2. The van der Waals surface area contributed by atoms with Crippen molar-refractivity contribution in [3.63, 3.8) is 0 Å². The normalized spacial score (nSPS) is 16.0. The van der Waals surface area contributed by atoms with Crippen molar-refractivity contribution in [3.8, 4) is 17.3 Å². The number of rotatable bonds is 3. The summed E-state index contributed by atoms with van der Waals surface area (Å²) in [6.45, 7) is 3.11. The van der Waals surface area contributed by atoms with Crippen LogP contribution in [0.2, 0.25) is 0 Å². The molecule has 39 heavy (non-hydrogen) atoms. The van der Waals surface area contributed by atoms with Gasteiger partial charge in [0.25, 0.3) is 11.8 Å². The van der Waals surface area contributed by atoms with Crippen LogP contribution in [0.3, 0.4) is 0 Å². The van der Waals surface area contributed by atoms with Crippen LogP contribution >= 0.6 is 0 Å². The van der Waals surface area contributed by atoms with Gasteiger partial charge in [0.15, 0.2) is 5.82 Å². The van der Waals surface area contributed by atoms with Crippen molar-refractivity contribution >= 4 is 28.5 Å². The molecule has 4 aliphatic rings. The number of likely N-dealkylation sites (N-methyl/N-ethyl adjacent to an activating group) is 1. The number of pyridine rings is 1. The maximum absolute atomic E-state index is 13.6. The van der Waals surface area contributed by atoms with E-state index in [4.69, 9.17) is 9.47 Å². The largest absolute Gasteiger partial charge is 0.494 e. The van der Waals surface area contributed by atoms with Crippen LogP contribution in [0, 0.1) is 0 Å². The van der Waals surface area contributed by atoms with E-state index in [1.54, 1.807) is 36.1 Å². The molecular weight excluding hydrogens is 498 g/mol. The highest BCUT2D eigenvalue weighted by Crippen LogP contribution is 2.24. The minimum Gasteiger partial charge on any atom is -0.494 e. The molecule has 2 amide bonds. The molecule has 1 atom stereocenters. The summed E-state index contributed by atoms with van der Waals surface area (Å²) in [7, 11) is 0. The van der Waals surface area contributed by atoms with Crippen molar-refractivity contribution in [2.75, 3.05) is 19.8 Å². The molecule has 2 aromatic carbocycles. The number of nitrogens with zero attached hydrogens (tertiary/aromatic N) is 3. The lowest BCUT2D eigenvalue weighted by atomic mass is 10.0. The Morgan fingerprint density at radius 2 is 1.79 bits per heavy atom. The van der Waals surface area contributed by atoms with Gasteiger partial charge in [-0.1, -0.05) is 12.1 Å². The number of amides is 2. The van der Waals surface area contributed by atoms with Crippen LogP contribution in [0.4, 0.5) is 0 Å². The summed E-state index contributed by atoms with van der Waals surface area (Å²) < 4.78 is 13.3. The van der Waals surface area contributed by atoms with Crippen molar-refractivity contribution in [1.82, 2.24) is 25.4 Å². The Labute approximate surface area is 225 Å². The highest BCUT2D eigenvalue weighted by molar-refractivity contribution is 6.38. The van der Waals surface area contributed by atoms with Gasteiger partial charge in [-0.15, -0.1) is 0 Å². The maximum Gasteiger partial charge on any atom is 0.289 e. The second-order valence-electron chi connectivity index (χ2n) is 9.15. The first kappa shape index (κ1) is 25.9. The van der Waals surface area contributed by atoms with Gasteiger partial charge in [0.1, 0.15) is 17.5 Å². The summed E-state index contributed by atoms with van der Waals surface area (Å²) in [6, 6.07) is 15.0. The summed E-state index contributed by atoms with van der Waals surface area (Å²) in [5.41, 5.74) is 1.72. The van der Waals surface area contributed by atoms with Crippen molar-refractivity contribution in [1.29, 1.82) is 0 Å². The van der Waals surface area contributed by atoms with Crippen LogP contribution in [-0.4, -0.2) is 58.2 Å². The lowest BCUT2D eigenvalue weighted by molar-refractivity contribution is -0.138. The molecule has 4 aromatic rings. The number of aromatic nitrogens is 3. The lowest BCUT2D eigenvalue weighted by Gasteiger charge is -2.18.